The summed E-state index contributed by atoms with van der Waals surface area (Å²) in [6.07, 6.45) is 0. The molecule has 0 aromatic heterocycles. The van der Waals surface area contributed by atoms with Gasteiger partial charge in [-0.05, 0) is 40.2 Å². The number of rotatable bonds is 3. The third kappa shape index (κ3) is 2.63. The van der Waals surface area contributed by atoms with Crippen molar-refractivity contribution in [2.75, 3.05) is 12.4 Å². The standard InChI is InChI=1S/C13H11BrClNO2S/c1-16-11-7-4-6-10(15)13(11)19(17,18)12-8-3-2-5-9(12)14/h2-8,16H,1H3. The predicted molar refractivity (Wildman–Crippen MR) is 80.6 cm³/mol. The molecule has 0 aliphatic carbocycles. The first-order valence-corrected chi connectivity index (χ1v) is 8.10. The van der Waals surface area contributed by atoms with Crippen molar-refractivity contribution in [2.45, 2.75) is 9.79 Å². The van der Waals surface area contributed by atoms with Crippen molar-refractivity contribution in [2.24, 2.45) is 0 Å². The molecule has 6 heteroatoms. The molecule has 0 saturated heterocycles. The lowest BCUT2D eigenvalue weighted by Crippen LogP contribution is -2.07. The minimum absolute atomic E-state index is 0.0890. The molecule has 0 atom stereocenters. The molecular formula is C13H11BrClNO2S. The molecular weight excluding hydrogens is 350 g/mol. The Morgan fingerprint density at radius 3 is 2.42 bits per heavy atom. The minimum atomic E-state index is -3.68. The van der Waals surface area contributed by atoms with Crippen molar-refractivity contribution >= 4 is 43.1 Å². The molecule has 0 radical (unpaired) electrons. The Hall–Kier alpha value is -1.04. The Morgan fingerprint density at radius 2 is 1.79 bits per heavy atom. The van der Waals surface area contributed by atoms with Gasteiger partial charge < -0.3 is 5.32 Å². The summed E-state index contributed by atoms with van der Waals surface area (Å²) >= 11 is 9.32. The van der Waals surface area contributed by atoms with Crippen LogP contribution in [-0.2, 0) is 9.84 Å². The third-order valence-electron chi connectivity index (χ3n) is 2.63. The van der Waals surface area contributed by atoms with Crippen molar-refractivity contribution in [1.82, 2.24) is 0 Å². The third-order valence-corrected chi connectivity index (χ3v) is 5.92. The molecule has 0 fully saturated rings. The first-order chi connectivity index (χ1) is 8.98. The van der Waals surface area contributed by atoms with Gasteiger partial charge in [0, 0.05) is 11.5 Å². The second kappa shape index (κ2) is 5.53. The molecule has 0 bridgehead atoms. The van der Waals surface area contributed by atoms with Gasteiger partial charge in [-0.1, -0.05) is 29.8 Å². The molecule has 0 aliphatic rings. The highest BCUT2D eigenvalue weighted by Gasteiger charge is 2.25. The summed E-state index contributed by atoms with van der Waals surface area (Å²) in [6, 6.07) is 11.6. The van der Waals surface area contributed by atoms with E-state index in [1.54, 1.807) is 49.5 Å². The Bertz CT molecular complexity index is 716. The van der Waals surface area contributed by atoms with E-state index in [-0.39, 0.29) is 14.8 Å². The van der Waals surface area contributed by atoms with E-state index in [0.29, 0.717) is 10.2 Å². The summed E-state index contributed by atoms with van der Waals surface area (Å²) in [5, 5.41) is 3.05. The predicted octanol–water partition coefficient (Wildman–Crippen LogP) is 3.98. The molecule has 0 amide bonds. The van der Waals surface area contributed by atoms with Gasteiger partial charge in [-0.25, -0.2) is 8.42 Å². The van der Waals surface area contributed by atoms with Gasteiger partial charge in [-0.3, -0.25) is 0 Å². The number of halogens is 2. The molecule has 0 heterocycles. The molecule has 0 saturated carbocycles. The molecule has 1 N–H and O–H groups in total. The monoisotopic (exact) mass is 359 g/mol. The number of anilines is 1. The van der Waals surface area contributed by atoms with Crippen LogP contribution in [-0.4, -0.2) is 15.5 Å². The second-order valence-electron chi connectivity index (χ2n) is 3.80. The molecule has 0 unspecified atom stereocenters. The van der Waals surface area contributed by atoms with E-state index in [1.807, 2.05) is 0 Å². The average Bonchev–Trinajstić information content (AvgIpc) is 2.38. The van der Waals surface area contributed by atoms with Gasteiger partial charge in [-0.2, -0.15) is 0 Å². The molecule has 2 rings (SSSR count). The number of benzene rings is 2. The number of hydrogen-bond acceptors (Lipinski definition) is 3. The highest BCUT2D eigenvalue weighted by molar-refractivity contribution is 9.10. The maximum absolute atomic E-state index is 12.7. The van der Waals surface area contributed by atoms with Crippen molar-refractivity contribution in [1.29, 1.82) is 0 Å². The van der Waals surface area contributed by atoms with Crippen molar-refractivity contribution in [3.05, 3.63) is 52.0 Å². The summed E-state index contributed by atoms with van der Waals surface area (Å²) in [7, 11) is -2.03. The van der Waals surface area contributed by atoms with E-state index in [1.165, 1.54) is 0 Å². The lowest BCUT2D eigenvalue weighted by atomic mass is 10.3. The van der Waals surface area contributed by atoms with Gasteiger partial charge in [-0.15, -0.1) is 0 Å². The smallest absolute Gasteiger partial charge is 0.211 e. The summed E-state index contributed by atoms with van der Waals surface area (Å²) < 4.78 is 25.9. The maximum Gasteiger partial charge on any atom is 0.211 e. The van der Waals surface area contributed by atoms with Crippen molar-refractivity contribution < 1.29 is 8.42 Å². The van der Waals surface area contributed by atoms with E-state index < -0.39 is 9.84 Å². The fourth-order valence-electron chi connectivity index (χ4n) is 1.75. The van der Waals surface area contributed by atoms with E-state index in [0.717, 1.165) is 0 Å². The van der Waals surface area contributed by atoms with Crippen molar-refractivity contribution in [3.8, 4) is 0 Å². The summed E-state index contributed by atoms with van der Waals surface area (Å²) in [5.74, 6) is 0. The van der Waals surface area contributed by atoms with Gasteiger partial charge in [0.05, 0.1) is 15.6 Å². The van der Waals surface area contributed by atoms with Crippen LogP contribution in [0.3, 0.4) is 0 Å². The van der Waals surface area contributed by atoms with Crippen LogP contribution >= 0.6 is 27.5 Å². The molecule has 3 nitrogen and oxygen atoms in total. The normalized spacial score (nSPS) is 11.3. The summed E-state index contributed by atoms with van der Waals surface area (Å²) in [4.78, 5) is 0.283. The van der Waals surface area contributed by atoms with E-state index in [2.05, 4.69) is 21.2 Å². The van der Waals surface area contributed by atoms with Gasteiger partial charge in [0.1, 0.15) is 4.90 Å². The van der Waals surface area contributed by atoms with Crippen LogP contribution in [0.4, 0.5) is 5.69 Å². The van der Waals surface area contributed by atoms with Crippen LogP contribution in [0.25, 0.3) is 0 Å². The van der Waals surface area contributed by atoms with Crippen LogP contribution < -0.4 is 5.32 Å². The van der Waals surface area contributed by atoms with Crippen LogP contribution in [0.1, 0.15) is 0 Å². The van der Waals surface area contributed by atoms with Crippen LogP contribution in [0, 0.1) is 0 Å². The van der Waals surface area contributed by atoms with Gasteiger partial charge in [0.15, 0.2) is 0 Å². The van der Waals surface area contributed by atoms with E-state index in [4.69, 9.17) is 11.6 Å². The average molecular weight is 361 g/mol. The minimum Gasteiger partial charge on any atom is -0.387 e. The molecule has 2 aromatic carbocycles. The Kier molecular flexibility index (Phi) is 4.18. The Balaban J connectivity index is 2.75. The van der Waals surface area contributed by atoms with Gasteiger partial charge in [0.2, 0.25) is 9.84 Å². The van der Waals surface area contributed by atoms with Crippen LogP contribution in [0.2, 0.25) is 5.02 Å². The van der Waals surface area contributed by atoms with Crippen LogP contribution in [0.15, 0.2) is 56.7 Å². The largest absolute Gasteiger partial charge is 0.387 e. The molecule has 19 heavy (non-hydrogen) atoms. The topological polar surface area (TPSA) is 46.2 Å². The van der Waals surface area contributed by atoms with Gasteiger partial charge >= 0.3 is 0 Å². The zero-order valence-corrected chi connectivity index (χ0v) is 13.2. The molecule has 0 aliphatic heterocycles. The highest BCUT2D eigenvalue weighted by Crippen LogP contribution is 2.36. The Morgan fingerprint density at radius 1 is 1.11 bits per heavy atom. The Labute approximate surface area is 125 Å². The summed E-state index contributed by atoms with van der Waals surface area (Å²) in [5.41, 5.74) is 0.475. The van der Waals surface area contributed by atoms with E-state index >= 15 is 0 Å². The first-order valence-electron chi connectivity index (χ1n) is 5.44. The lowest BCUT2D eigenvalue weighted by Gasteiger charge is -2.12. The number of nitrogens with one attached hydrogen (secondary N) is 1. The first kappa shape index (κ1) is 14.4. The van der Waals surface area contributed by atoms with E-state index in [9.17, 15) is 8.42 Å². The van der Waals surface area contributed by atoms with Crippen LogP contribution in [0.5, 0.6) is 0 Å². The summed E-state index contributed by atoms with van der Waals surface area (Å²) in [6.45, 7) is 0. The number of hydrogen-bond donors (Lipinski definition) is 1. The van der Waals surface area contributed by atoms with Crippen molar-refractivity contribution in [3.63, 3.8) is 0 Å². The molecule has 100 valence electrons. The molecule has 0 spiro atoms. The lowest BCUT2D eigenvalue weighted by molar-refractivity contribution is 0.596. The van der Waals surface area contributed by atoms with Gasteiger partial charge in [0.25, 0.3) is 0 Å². The maximum atomic E-state index is 12.7. The quantitative estimate of drug-likeness (QED) is 0.900. The fourth-order valence-corrected chi connectivity index (χ4v) is 4.74. The number of sulfone groups is 1. The second-order valence-corrected chi connectivity index (χ2v) is 6.92. The fraction of sp³-hybridized carbons (Fsp3) is 0.0769. The molecule has 2 aromatic rings. The highest BCUT2D eigenvalue weighted by atomic mass is 79.9. The zero-order valence-electron chi connectivity index (χ0n) is 10.0. The SMILES string of the molecule is CNc1cccc(Cl)c1S(=O)(=O)c1ccccc1Br. The zero-order chi connectivity index (χ0) is 14.0.